The van der Waals surface area contributed by atoms with Gasteiger partial charge in [-0.05, 0) is 84.0 Å². The number of phenols is 2. The summed E-state index contributed by atoms with van der Waals surface area (Å²) in [4.78, 5) is 0. The molecule has 0 saturated carbocycles. The molecule has 6 heteroatoms. The smallest absolute Gasteiger partial charge is 0.161 e. The van der Waals surface area contributed by atoms with Gasteiger partial charge in [-0.3, -0.25) is 0 Å². The van der Waals surface area contributed by atoms with Crippen molar-refractivity contribution in [2.24, 2.45) is 0 Å². The van der Waals surface area contributed by atoms with E-state index in [-0.39, 0.29) is 38.5 Å². The van der Waals surface area contributed by atoms with Crippen LogP contribution in [0.15, 0.2) is 24.3 Å². The first-order chi connectivity index (χ1) is 15.3. The Morgan fingerprint density at radius 1 is 0.727 bits per heavy atom. The van der Waals surface area contributed by atoms with E-state index in [0.717, 1.165) is 35.1 Å². The fourth-order valence-electron chi connectivity index (χ4n) is 5.98. The van der Waals surface area contributed by atoms with Gasteiger partial charge in [0.1, 0.15) is 13.2 Å². The molecule has 2 aliphatic carbocycles. The van der Waals surface area contributed by atoms with E-state index in [1.807, 2.05) is 38.1 Å². The number of fused-ring (bicyclic) bond motifs is 4. The predicted octanol–water partition coefficient (Wildman–Crippen LogP) is 6.76. The van der Waals surface area contributed by atoms with Gasteiger partial charge in [-0.25, -0.2) is 0 Å². The van der Waals surface area contributed by atoms with E-state index in [2.05, 4.69) is 27.7 Å². The number of aromatic hydroxyl groups is 2. The van der Waals surface area contributed by atoms with Crippen molar-refractivity contribution in [2.75, 3.05) is 13.2 Å². The number of rotatable bonds is 6. The predicted molar refractivity (Wildman–Crippen MR) is 134 cm³/mol. The Hall–Kier alpha value is -1.78. The summed E-state index contributed by atoms with van der Waals surface area (Å²) in [6.07, 6.45) is 1.75. The lowest BCUT2D eigenvalue weighted by molar-refractivity contribution is 0.301. The van der Waals surface area contributed by atoms with Gasteiger partial charge in [-0.1, -0.05) is 27.7 Å². The molecule has 33 heavy (non-hydrogen) atoms. The lowest BCUT2D eigenvalue weighted by Gasteiger charge is -2.30. The van der Waals surface area contributed by atoms with Crippen molar-refractivity contribution in [3.05, 3.63) is 46.5 Å². The van der Waals surface area contributed by atoms with Crippen molar-refractivity contribution in [3.63, 3.8) is 0 Å². The van der Waals surface area contributed by atoms with Gasteiger partial charge < -0.3 is 19.7 Å². The maximum absolute atomic E-state index is 10.9. The standard InChI is InChI=1S/C27H34Cl2O4/c1-15(28)11-32-23-9-17-19(7-21(23)30)27(13-25(17,3)4)14-26(5,6)18-10-24(33-12-16(2)29)22(31)8-20(18)27/h7-10,15-16,30-31H,11-14H2,1-6H3. The molecule has 2 aromatic rings. The maximum Gasteiger partial charge on any atom is 0.161 e. The highest BCUT2D eigenvalue weighted by Gasteiger charge is 2.57. The Morgan fingerprint density at radius 2 is 1.09 bits per heavy atom. The highest BCUT2D eigenvalue weighted by molar-refractivity contribution is 6.20. The van der Waals surface area contributed by atoms with Crippen molar-refractivity contribution in [1.29, 1.82) is 0 Å². The topological polar surface area (TPSA) is 58.9 Å². The first-order valence-electron chi connectivity index (χ1n) is 11.6. The molecule has 1 spiro atoms. The van der Waals surface area contributed by atoms with Crippen LogP contribution in [0.5, 0.6) is 23.0 Å². The van der Waals surface area contributed by atoms with E-state index in [9.17, 15) is 10.2 Å². The summed E-state index contributed by atoms with van der Waals surface area (Å²) in [5.74, 6) is 1.17. The molecule has 2 unspecified atom stereocenters. The molecule has 2 atom stereocenters. The average molecular weight is 493 g/mol. The van der Waals surface area contributed by atoms with Crippen LogP contribution < -0.4 is 9.47 Å². The van der Waals surface area contributed by atoms with Crippen LogP contribution in [-0.4, -0.2) is 34.2 Å². The highest BCUT2D eigenvalue weighted by Crippen LogP contribution is 2.64. The Balaban J connectivity index is 1.85. The summed E-state index contributed by atoms with van der Waals surface area (Å²) in [5.41, 5.74) is 3.95. The first-order valence-corrected chi connectivity index (χ1v) is 12.4. The molecule has 0 saturated heterocycles. The molecule has 4 rings (SSSR count). The monoisotopic (exact) mass is 492 g/mol. The number of halogens is 2. The first kappa shape index (κ1) is 24.3. The molecule has 0 aromatic heterocycles. The minimum absolute atomic E-state index is 0.120. The minimum atomic E-state index is -0.316. The summed E-state index contributed by atoms with van der Waals surface area (Å²) in [5, 5.41) is 21.4. The van der Waals surface area contributed by atoms with E-state index in [4.69, 9.17) is 32.7 Å². The van der Waals surface area contributed by atoms with E-state index in [0.29, 0.717) is 24.7 Å². The fraction of sp³-hybridized carbons (Fsp3) is 0.556. The number of phenolic OH excluding ortho intramolecular Hbond substituents is 2. The van der Waals surface area contributed by atoms with Gasteiger partial charge in [-0.15, -0.1) is 23.2 Å². The zero-order valence-corrected chi connectivity index (χ0v) is 21.8. The molecule has 0 aliphatic heterocycles. The number of hydrogen-bond donors (Lipinski definition) is 2. The summed E-state index contributed by atoms with van der Waals surface area (Å²) in [6, 6.07) is 7.67. The van der Waals surface area contributed by atoms with Crippen molar-refractivity contribution < 1.29 is 19.7 Å². The lowest BCUT2D eigenvalue weighted by Crippen LogP contribution is -2.26. The van der Waals surface area contributed by atoms with Crippen molar-refractivity contribution in [1.82, 2.24) is 0 Å². The third kappa shape index (κ3) is 4.14. The van der Waals surface area contributed by atoms with Crippen LogP contribution >= 0.6 is 23.2 Å². The molecular weight excluding hydrogens is 459 g/mol. The van der Waals surface area contributed by atoms with Crippen molar-refractivity contribution >= 4 is 23.2 Å². The lowest BCUT2D eigenvalue weighted by atomic mass is 9.72. The van der Waals surface area contributed by atoms with Crippen molar-refractivity contribution in [3.8, 4) is 23.0 Å². The van der Waals surface area contributed by atoms with Gasteiger partial charge >= 0.3 is 0 Å². The number of alkyl halides is 2. The molecule has 0 bridgehead atoms. The summed E-state index contributed by atoms with van der Waals surface area (Å²) in [7, 11) is 0. The van der Waals surface area contributed by atoms with Gasteiger partial charge in [-0.2, -0.15) is 0 Å². The van der Waals surface area contributed by atoms with E-state index >= 15 is 0 Å². The quantitative estimate of drug-likeness (QED) is 0.437. The zero-order valence-electron chi connectivity index (χ0n) is 20.3. The molecule has 4 nitrogen and oxygen atoms in total. The molecule has 0 radical (unpaired) electrons. The van der Waals surface area contributed by atoms with Crippen LogP contribution in [-0.2, 0) is 16.2 Å². The number of hydrogen-bond acceptors (Lipinski definition) is 4. The Morgan fingerprint density at radius 3 is 1.42 bits per heavy atom. The second kappa shape index (κ2) is 8.16. The largest absolute Gasteiger partial charge is 0.504 e. The molecule has 0 amide bonds. The van der Waals surface area contributed by atoms with Crippen LogP contribution in [0.25, 0.3) is 0 Å². The maximum atomic E-state index is 10.9. The van der Waals surface area contributed by atoms with Crippen LogP contribution in [0.3, 0.4) is 0 Å². The van der Waals surface area contributed by atoms with Gasteiger partial charge in [0.25, 0.3) is 0 Å². The third-order valence-electron chi connectivity index (χ3n) is 7.11. The van der Waals surface area contributed by atoms with E-state index < -0.39 is 0 Å². The number of ether oxygens (including phenoxy) is 2. The van der Waals surface area contributed by atoms with Gasteiger partial charge in [0, 0.05) is 5.41 Å². The fourth-order valence-corrected chi connectivity index (χ4v) is 6.10. The summed E-state index contributed by atoms with van der Waals surface area (Å²) >= 11 is 12.1. The van der Waals surface area contributed by atoms with Crippen LogP contribution in [0.1, 0.15) is 76.6 Å². The van der Waals surface area contributed by atoms with Crippen LogP contribution in [0.2, 0.25) is 0 Å². The second-order valence-corrected chi connectivity index (χ2v) is 12.6. The Labute approximate surface area is 206 Å². The van der Waals surface area contributed by atoms with E-state index in [1.165, 1.54) is 0 Å². The highest BCUT2D eigenvalue weighted by atomic mass is 35.5. The minimum Gasteiger partial charge on any atom is -0.504 e. The molecule has 2 aromatic carbocycles. The normalized spacial score (nSPS) is 23.8. The zero-order chi connectivity index (χ0) is 24.3. The van der Waals surface area contributed by atoms with Crippen molar-refractivity contribution in [2.45, 2.75) is 81.4 Å². The van der Waals surface area contributed by atoms with E-state index in [1.54, 1.807) is 0 Å². The SMILES string of the molecule is CC(Cl)COc1cc2c(cc1O)C1(CC2(C)C)CC(C)(C)c2cc(OCC(C)Cl)c(O)cc21. The molecule has 2 aliphatic rings. The Kier molecular flexibility index (Phi) is 6.02. The molecule has 0 fully saturated rings. The van der Waals surface area contributed by atoms with Crippen LogP contribution in [0.4, 0.5) is 0 Å². The molecule has 2 N–H and O–H groups in total. The van der Waals surface area contributed by atoms with Gasteiger partial charge in [0.2, 0.25) is 0 Å². The molecule has 180 valence electrons. The van der Waals surface area contributed by atoms with Crippen LogP contribution in [0, 0.1) is 0 Å². The third-order valence-corrected chi connectivity index (χ3v) is 7.36. The van der Waals surface area contributed by atoms with Gasteiger partial charge in [0.05, 0.1) is 10.8 Å². The van der Waals surface area contributed by atoms with Gasteiger partial charge in [0.15, 0.2) is 23.0 Å². The second-order valence-electron chi connectivity index (χ2n) is 11.1. The summed E-state index contributed by atoms with van der Waals surface area (Å²) in [6.45, 7) is 13.3. The number of benzene rings is 2. The molecule has 0 heterocycles. The summed E-state index contributed by atoms with van der Waals surface area (Å²) < 4.78 is 11.6. The Bertz CT molecular complexity index is 987. The molecular formula is C27H34Cl2O4. The average Bonchev–Trinajstić information content (AvgIpc) is 3.03.